The first kappa shape index (κ1) is 16.3. The zero-order valence-corrected chi connectivity index (χ0v) is 13.2. The predicted molar refractivity (Wildman–Crippen MR) is 86.2 cm³/mol. The van der Waals surface area contributed by atoms with Gasteiger partial charge in [-0.25, -0.2) is 0 Å². The van der Waals surface area contributed by atoms with Gasteiger partial charge in [0.2, 0.25) is 0 Å². The molecule has 2 N–H and O–H groups in total. The predicted octanol–water partition coefficient (Wildman–Crippen LogP) is 2.52. The van der Waals surface area contributed by atoms with Crippen molar-refractivity contribution in [1.82, 2.24) is 5.32 Å². The lowest BCUT2D eigenvalue weighted by molar-refractivity contribution is -0.142. The summed E-state index contributed by atoms with van der Waals surface area (Å²) in [6.45, 7) is 5.45. The molecule has 22 heavy (non-hydrogen) atoms. The summed E-state index contributed by atoms with van der Waals surface area (Å²) in [4.78, 5) is 25.3. The summed E-state index contributed by atoms with van der Waals surface area (Å²) in [7, 11) is 0. The van der Waals surface area contributed by atoms with Crippen LogP contribution in [-0.4, -0.2) is 36.1 Å². The molecular formula is C17H24N2O3. The number of carbonyl (C=O) groups excluding carboxylic acids is 1. The molecule has 1 aromatic carbocycles. The third-order valence-corrected chi connectivity index (χ3v) is 4.31. The van der Waals surface area contributed by atoms with Crippen LogP contribution < -0.4 is 10.2 Å². The number of hydrogen-bond donors (Lipinski definition) is 2. The molecule has 1 unspecified atom stereocenters. The molecule has 0 saturated carbocycles. The summed E-state index contributed by atoms with van der Waals surface area (Å²) < 4.78 is 0. The first-order valence-corrected chi connectivity index (χ1v) is 7.90. The lowest BCUT2D eigenvalue weighted by Gasteiger charge is -2.32. The Morgan fingerprint density at radius 1 is 1.36 bits per heavy atom. The summed E-state index contributed by atoms with van der Waals surface area (Å²) >= 11 is 0. The monoisotopic (exact) mass is 304 g/mol. The topological polar surface area (TPSA) is 69.6 Å². The summed E-state index contributed by atoms with van der Waals surface area (Å²) in [6.07, 6.45) is 2.20. The van der Waals surface area contributed by atoms with Crippen LogP contribution in [0.3, 0.4) is 0 Å². The van der Waals surface area contributed by atoms with Crippen LogP contribution >= 0.6 is 0 Å². The van der Waals surface area contributed by atoms with Crippen molar-refractivity contribution in [2.45, 2.75) is 39.2 Å². The molecule has 1 saturated heterocycles. The number of hydrogen-bond acceptors (Lipinski definition) is 3. The van der Waals surface area contributed by atoms with Gasteiger partial charge in [-0.2, -0.15) is 0 Å². The lowest BCUT2D eigenvalue weighted by atomic mass is 9.96. The van der Waals surface area contributed by atoms with Crippen LogP contribution in [0, 0.1) is 5.92 Å². The Hall–Kier alpha value is -2.04. The molecule has 5 nitrogen and oxygen atoms in total. The van der Waals surface area contributed by atoms with Gasteiger partial charge in [-0.1, -0.05) is 13.0 Å². The molecule has 1 aliphatic heterocycles. The number of nitrogens with zero attached hydrogens (tertiary/aromatic N) is 1. The van der Waals surface area contributed by atoms with Crippen LogP contribution in [0.2, 0.25) is 0 Å². The fourth-order valence-electron chi connectivity index (χ4n) is 2.64. The molecule has 0 aromatic heterocycles. The normalized spacial score (nSPS) is 17.1. The van der Waals surface area contributed by atoms with Crippen molar-refractivity contribution in [3.63, 3.8) is 0 Å². The summed E-state index contributed by atoms with van der Waals surface area (Å²) in [6, 6.07) is 7.71. The Bertz CT molecular complexity index is 536. The van der Waals surface area contributed by atoms with E-state index in [4.69, 9.17) is 5.11 Å². The van der Waals surface area contributed by atoms with Gasteiger partial charge in [-0.15, -0.1) is 0 Å². The molecule has 1 amide bonds. The maximum absolute atomic E-state index is 12.2. The lowest BCUT2D eigenvalue weighted by Crippen LogP contribution is -2.36. The van der Waals surface area contributed by atoms with Gasteiger partial charge in [0.15, 0.2) is 0 Å². The molecule has 0 radical (unpaired) electrons. The van der Waals surface area contributed by atoms with Crippen molar-refractivity contribution in [1.29, 1.82) is 0 Å². The van der Waals surface area contributed by atoms with Crippen LogP contribution in [0.4, 0.5) is 5.69 Å². The zero-order valence-electron chi connectivity index (χ0n) is 13.2. The molecule has 120 valence electrons. The van der Waals surface area contributed by atoms with E-state index in [1.54, 1.807) is 0 Å². The van der Waals surface area contributed by atoms with E-state index < -0.39 is 5.97 Å². The van der Waals surface area contributed by atoms with E-state index in [2.05, 4.69) is 10.2 Å². The van der Waals surface area contributed by atoms with Gasteiger partial charge in [0.1, 0.15) is 0 Å². The minimum atomic E-state index is -0.707. The Morgan fingerprint density at radius 2 is 2.05 bits per heavy atom. The fraction of sp³-hybridized carbons (Fsp3) is 0.529. The number of carboxylic acid groups (broad SMARTS) is 1. The van der Waals surface area contributed by atoms with Gasteiger partial charge in [-0.3, -0.25) is 9.59 Å². The Balaban J connectivity index is 2.03. The first-order valence-electron chi connectivity index (χ1n) is 7.90. The number of anilines is 1. The van der Waals surface area contributed by atoms with Gasteiger partial charge in [0.05, 0.1) is 5.92 Å². The van der Waals surface area contributed by atoms with E-state index in [0.29, 0.717) is 31.5 Å². The van der Waals surface area contributed by atoms with Crippen molar-refractivity contribution >= 4 is 17.6 Å². The van der Waals surface area contributed by atoms with E-state index in [-0.39, 0.29) is 17.9 Å². The number of nitrogens with one attached hydrogen (secondary N) is 1. The number of benzene rings is 1. The highest BCUT2D eigenvalue weighted by Crippen LogP contribution is 2.24. The van der Waals surface area contributed by atoms with Crippen molar-refractivity contribution in [3.05, 3.63) is 29.8 Å². The van der Waals surface area contributed by atoms with Gasteiger partial charge in [0.25, 0.3) is 5.91 Å². The highest BCUT2D eigenvalue weighted by atomic mass is 16.4. The third kappa shape index (κ3) is 4.00. The van der Waals surface area contributed by atoms with E-state index in [9.17, 15) is 9.59 Å². The molecule has 1 heterocycles. The molecule has 5 heteroatoms. The van der Waals surface area contributed by atoms with Crippen LogP contribution in [0.15, 0.2) is 24.3 Å². The molecule has 0 aliphatic carbocycles. The average Bonchev–Trinajstić information content (AvgIpc) is 2.54. The number of amides is 1. The molecule has 1 fully saturated rings. The molecule has 1 aliphatic rings. The molecule has 2 rings (SSSR count). The number of carbonyl (C=O) groups is 2. The minimum absolute atomic E-state index is 0.0587. The Labute approximate surface area is 131 Å². The molecule has 1 atom stereocenters. The maximum Gasteiger partial charge on any atom is 0.306 e. The Kier molecular flexibility index (Phi) is 5.41. The molecule has 1 aromatic rings. The first-order chi connectivity index (χ1) is 10.5. The summed E-state index contributed by atoms with van der Waals surface area (Å²) in [5.41, 5.74) is 1.64. The van der Waals surface area contributed by atoms with Crippen LogP contribution in [0.5, 0.6) is 0 Å². The maximum atomic E-state index is 12.2. The molecule has 0 spiro atoms. The van der Waals surface area contributed by atoms with Gasteiger partial charge >= 0.3 is 5.97 Å². The number of piperidine rings is 1. The molecule has 0 bridgehead atoms. The SMILES string of the molecule is CCC(C)NC(=O)c1cccc(N2CCC(C(=O)O)CC2)c1. The quantitative estimate of drug-likeness (QED) is 0.877. The standard InChI is InChI=1S/C17H24N2O3/c1-3-12(2)18-16(20)14-5-4-6-15(11-14)19-9-7-13(8-10-19)17(21)22/h4-6,11-13H,3,7-10H2,1-2H3,(H,18,20)(H,21,22). The van der Waals surface area contributed by atoms with E-state index in [0.717, 1.165) is 12.1 Å². The van der Waals surface area contributed by atoms with Crippen LogP contribution in [0.1, 0.15) is 43.5 Å². The van der Waals surface area contributed by atoms with Crippen molar-refractivity contribution in [2.75, 3.05) is 18.0 Å². The van der Waals surface area contributed by atoms with Crippen LogP contribution in [0.25, 0.3) is 0 Å². The average molecular weight is 304 g/mol. The zero-order chi connectivity index (χ0) is 16.1. The minimum Gasteiger partial charge on any atom is -0.481 e. The molecular weight excluding hydrogens is 280 g/mol. The third-order valence-electron chi connectivity index (χ3n) is 4.31. The smallest absolute Gasteiger partial charge is 0.306 e. The second-order valence-electron chi connectivity index (χ2n) is 5.93. The number of carboxylic acids is 1. The highest BCUT2D eigenvalue weighted by Gasteiger charge is 2.24. The van der Waals surface area contributed by atoms with Crippen molar-refractivity contribution in [2.24, 2.45) is 5.92 Å². The summed E-state index contributed by atoms with van der Waals surface area (Å²) in [5, 5.41) is 12.0. The number of aliphatic carboxylic acids is 1. The highest BCUT2D eigenvalue weighted by molar-refractivity contribution is 5.95. The van der Waals surface area contributed by atoms with Crippen LogP contribution in [-0.2, 0) is 4.79 Å². The summed E-state index contributed by atoms with van der Waals surface area (Å²) in [5.74, 6) is -1.01. The van der Waals surface area contributed by atoms with Gasteiger partial charge in [0, 0.05) is 30.4 Å². The van der Waals surface area contributed by atoms with Crippen molar-refractivity contribution in [3.8, 4) is 0 Å². The second kappa shape index (κ2) is 7.29. The Morgan fingerprint density at radius 3 is 2.64 bits per heavy atom. The largest absolute Gasteiger partial charge is 0.481 e. The fourth-order valence-corrected chi connectivity index (χ4v) is 2.64. The van der Waals surface area contributed by atoms with Gasteiger partial charge in [-0.05, 0) is 44.4 Å². The van der Waals surface area contributed by atoms with E-state index >= 15 is 0 Å². The van der Waals surface area contributed by atoms with E-state index in [1.165, 1.54) is 0 Å². The number of rotatable bonds is 5. The van der Waals surface area contributed by atoms with Crippen molar-refractivity contribution < 1.29 is 14.7 Å². The second-order valence-corrected chi connectivity index (χ2v) is 5.93. The van der Waals surface area contributed by atoms with Gasteiger partial charge < -0.3 is 15.3 Å². The van der Waals surface area contributed by atoms with E-state index in [1.807, 2.05) is 38.1 Å².